The van der Waals surface area contributed by atoms with Gasteiger partial charge in [-0.15, -0.1) is 0 Å². The number of likely N-dealkylation sites (tertiary alicyclic amines) is 1. The Morgan fingerprint density at radius 3 is 2.69 bits per heavy atom. The molecule has 29 heavy (non-hydrogen) atoms. The molecule has 3 fully saturated rings. The first-order valence-electron chi connectivity index (χ1n) is 11.6. The van der Waals surface area contributed by atoms with Gasteiger partial charge in [0.15, 0.2) is 0 Å². The van der Waals surface area contributed by atoms with Gasteiger partial charge in [-0.3, -0.25) is 9.69 Å². The minimum atomic E-state index is 0.0233. The highest BCUT2D eigenvalue weighted by Crippen LogP contribution is 2.48. The lowest BCUT2D eigenvalue weighted by Crippen LogP contribution is -2.43. The molecule has 0 spiro atoms. The van der Waals surface area contributed by atoms with Gasteiger partial charge in [0, 0.05) is 49.9 Å². The number of hydrogen-bond acceptors (Lipinski definition) is 4. The minimum absolute atomic E-state index is 0.0233. The molecule has 158 valence electrons. The van der Waals surface area contributed by atoms with Gasteiger partial charge in [-0.25, -0.2) is 0 Å². The maximum Gasteiger partial charge on any atom is 0.225 e. The number of ether oxygens (including phenoxy) is 2. The molecule has 3 aliphatic heterocycles. The van der Waals surface area contributed by atoms with Crippen molar-refractivity contribution in [3.63, 3.8) is 0 Å². The average Bonchev–Trinajstić information content (AvgIpc) is 3.14. The van der Waals surface area contributed by atoms with Crippen LogP contribution in [0.15, 0.2) is 24.3 Å². The van der Waals surface area contributed by atoms with E-state index in [9.17, 15) is 4.79 Å². The summed E-state index contributed by atoms with van der Waals surface area (Å²) in [6, 6.07) is 9.09. The number of nitrogens with one attached hydrogen (secondary N) is 1. The molecule has 5 nitrogen and oxygen atoms in total. The lowest BCUT2D eigenvalue weighted by atomic mass is 9.84. The molecule has 0 unspecified atom stereocenters. The van der Waals surface area contributed by atoms with Crippen molar-refractivity contribution in [1.82, 2.24) is 10.2 Å². The van der Waals surface area contributed by atoms with Crippen molar-refractivity contribution < 1.29 is 14.3 Å². The number of para-hydroxylation sites is 1. The van der Waals surface area contributed by atoms with Crippen molar-refractivity contribution in [2.75, 3.05) is 32.9 Å². The first-order valence-corrected chi connectivity index (χ1v) is 11.6. The third-order valence-corrected chi connectivity index (χ3v) is 7.54. The molecule has 0 radical (unpaired) electrons. The largest absolute Gasteiger partial charge is 0.493 e. The number of rotatable bonds is 4. The lowest BCUT2D eigenvalue weighted by Gasteiger charge is -2.36. The minimum Gasteiger partial charge on any atom is -0.493 e. The van der Waals surface area contributed by atoms with Gasteiger partial charge in [-0.2, -0.15) is 0 Å². The molecule has 3 atom stereocenters. The number of hydrogen-bond donors (Lipinski definition) is 1. The second-order valence-corrected chi connectivity index (χ2v) is 9.42. The highest BCUT2D eigenvalue weighted by atomic mass is 16.5. The van der Waals surface area contributed by atoms with E-state index in [0.717, 1.165) is 57.7 Å². The van der Waals surface area contributed by atoms with E-state index in [1.807, 2.05) is 6.07 Å². The topological polar surface area (TPSA) is 50.8 Å². The van der Waals surface area contributed by atoms with Crippen molar-refractivity contribution in [1.29, 1.82) is 0 Å². The van der Waals surface area contributed by atoms with E-state index >= 15 is 0 Å². The van der Waals surface area contributed by atoms with Crippen LogP contribution in [0.2, 0.25) is 0 Å². The van der Waals surface area contributed by atoms with Gasteiger partial charge in [0.2, 0.25) is 5.91 Å². The zero-order chi connectivity index (χ0) is 19.6. The predicted molar refractivity (Wildman–Crippen MR) is 112 cm³/mol. The zero-order valence-electron chi connectivity index (χ0n) is 17.4. The number of nitrogens with zero attached hydrogens (tertiary/aromatic N) is 1. The molecule has 5 rings (SSSR count). The molecule has 5 heteroatoms. The van der Waals surface area contributed by atoms with Gasteiger partial charge in [0.1, 0.15) is 5.75 Å². The Balaban J connectivity index is 1.35. The summed E-state index contributed by atoms with van der Waals surface area (Å²) in [5.74, 6) is 2.19. The van der Waals surface area contributed by atoms with Crippen LogP contribution in [0.5, 0.6) is 5.75 Å². The third kappa shape index (κ3) is 4.04. The van der Waals surface area contributed by atoms with Crippen LogP contribution < -0.4 is 10.1 Å². The highest BCUT2D eigenvalue weighted by Gasteiger charge is 2.49. The van der Waals surface area contributed by atoms with Crippen LogP contribution in [0.1, 0.15) is 56.6 Å². The maximum atomic E-state index is 13.3. The van der Waals surface area contributed by atoms with Gasteiger partial charge >= 0.3 is 0 Å². The predicted octanol–water partition coefficient (Wildman–Crippen LogP) is 3.54. The summed E-state index contributed by atoms with van der Waals surface area (Å²) in [5.41, 5.74) is 1.27. The highest BCUT2D eigenvalue weighted by molar-refractivity contribution is 5.80. The fourth-order valence-corrected chi connectivity index (χ4v) is 5.95. The van der Waals surface area contributed by atoms with Crippen molar-refractivity contribution in [3.8, 4) is 5.75 Å². The Labute approximate surface area is 174 Å². The van der Waals surface area contributed by atoms with Gasteiger partial charge < -0.3 is 14.8 Å². The summed E-state index contributed by atoms with van der Waals surface area (Å²) in [6.45, 7) is 4.31. The van der Waals surface area contributed by atoms with Crippen molar-refractivity contribution in [2.45, 2.75) is 57.0 Å². The van der Waals surface area contributed by atoms with Crippen LogP contribution in [-0.2, 0) is 9.53 Å². The second kappa shape index (κ2) is 8.65. The Kier molecular flexibility index (Phi) is 5.78. The smallest absolute Gasteiger partial charge is 0.225 e. The average molecular weight is 399 g/mol. The Bertz CT molecular complexity index is 712. The van der Waals surface area contributed by atoms with Crippen LogP contribution in [0.25, 0.3) is 0 Å². The van der Waals surface area contributed by atoms with Crippen molar-refractivity contribution in [3.05, 3.63) is 29.8 Å². The van der Waals surface area contributed by atoms with Crippen LogP contribution in [0, 0.1) is 17.8 Å². The van der Waals surface area contributed by atoms with Gasteiger partial charge in [-0.05, 0) is 37.7 Å². The summed E-state index contributed by atoms with van der Waals surface area (Å²) in [4.78, 5) is 15.9. The number of benzene rings is 1. The summed E-state index contributed by atoms with van der Waals surface area (Å²) >= 11 is 0. The molecular weight excluding hydrogens is 364 g/mol. The molecule has 1 N–H and O–H groups in total. The molecule has 4 aliphatic rings. The molecule has 1 aromatic carbocycles. The fourth-order valence-electron chi connectivity index (χ4n) is 5.95. The second-order valence-electron chi connectivity index (χ2n) is 9.42. The molecule has 1 saturated carbocycles. The Morgan fingerprint density at radius 2 is 1.86 bits per heavy atom. The van der Waals surface area contributed by atoms with Crippen LogP contribution >= 0.6 is 0 Å². The van der Waals surface area contributed by atoms with Crippen molar-refractivity contribution >= 4 is 5.91 Å². The standard InChI is InChI=1S/C24H34N2O3/c27-24(25-18-6-2-1-3-7-18)20-15-26(14-17-10-12-28-13-11-17)23-19-8-4-5-9-22(19)29-16-21(20)23/h4-5,8-9,17-18,20-21,23H,1-3,6-7,10-16H2,(H,25,27)/t20-,21+,23+/m1/s1. The molecule has 0 aromatic heterocycles. The zero-order valence-corrected chi connectivity index (χ0v) is 17.4. The van der Waals surface area contributed by atoms with E-state index in [2.05, 4.69) is 28.4 Å². The monoisotopic (exact) mass is 398 g/mol. The first kappa shape index (κ1) is 19.4. The third-order valence-electron chi connectivity index (χ3n) is 7.54. The van der Waals surface area contributed by atoms with Crippen LogP contribution in [0.4, 0.5) is 0 Å². The summed E-state index contributed by atoms with van der Waals surface area (Å²) in [5, 5.41) is 3.40. The van der Waals surface area contributed by atoms with E-state index in [-0.39, 0.29) is 17.7 Å². The quantitative estimate of drug-likeness (QED) is 0.843. The molecule has 0 bridgehead atoms. The number of fused-ring (bicyclic) bond motifs is 3. The van der Waals surface area contributed by atoms with Crippen LogP contribution in [-0.4, -0.2) is 49.8 Å². The van der Waals surface area contributed by atoms with E-state index in [0.29, 0.717) is 24.6 Å². The number of amides is 1. The summed E-state index contributed by atoms with van der Waals surface area (Å²) < 4.78 is 11.7. The molecule has 1 aliphatic carbocycles. The Morgan fingerprint density at radius 1 is 1.07 bits per heavy atom. The van der Waals surface area contributed by atoms with E-state index < -0.39 is 0 Å². The molecule has 1 amide bonds. The number of carbonyl (C=O) groups excluding carboxylic acids is 1. The first-order chi connectivity index (χ1) is 14.3. The van der Waals surface area contributed by atoms with E-state index in [1.165, 1.54) is 24.8 Å². The Hall–Kier alpha value is -1.59. The molecule has 1 aromatic rings. The maximum absolute atomic E-state index is 13.3. The van der Waals surface area contributed by atoms with Gasteiger partial charge in [0.25, 0.3) is 0 Å². The summed E-state index contributed by atoms with van der Waals surface area (Å²) in [6.07, 6.45) is 8.33. The van der Waals surface area contributed by atoms with E-state index in [1.54, 1.807) is 0 Å². The lowest BCUT2D eigenvalue weighted by molar-refractivity contribution is -0.127. The van der Waals surface area contributed by atoms with Gasteiger partial charge in [0.05, 0.1) is 12.5 Å². The number of carbonyl (C=O) groups is 1. The molecule has 3 heterocycles. The molecular formula is C24H34N2O3. The van der Waals surface area contributed by atoms with Gasteiger partial charge in [-0.1, -0.05) is 37.5 Å². The van der Waals surface area contributed by atoms with E-state index in [4.69, 9.17) is 9.47 Å². The summed E-state index contributed by atoms with van der Waals surface area (Å²) in [7, 11) is 0. The molecule has 2 saturated heterocycles. The fraction of sp³-hybridized carbons (Fsp3) is 0.708. The normalized spacial score (nSPS) is 31.0. The van der Waals surface area contributed by atoms with Crippen molar-refractivity contribution in [2.24, 2.45) is 17.8 Å². The SMILES string of the molecule is O=C(NC1CCCCC1)[C@@H]1CN(CC2CCOCC2)[C@H]2c3ccccc3OC[C@@H]12. The van der Waals surface area contributed by atoms with Crippen LogP contribution in [0.3, 0.4) is 0 Å².